The number of carbonyl (C=O) groups is 1. The van der Waals surface area contributed by atoms with Gasteiger partial charge in [-0.25, -0.2) is 9.79 Å². The third-order valence-electron chi connectivity index (χ3n) is 6.81. The molecule has 0 N–H and O–H groups in total. The SMILES string of the molecule is CCOC(=O)C1=C(c2ccccc2)N=c2s/c(=C\c3cc(Br)cc(I)c3OCc3ccc(Br)cc3)c(=O)n2[C@H]1c1cccs1. The zero-order valence-corrected chi connectivity index (χ0v) is 30.1. The maximum atomic E-state index is 14.2. The third kappa shape index (κ3) is 6.43. The van der Waals surface area contributed by atoms with Crippen molar-refractivity contribution in [2.75, 3.05) is 6.61 Å². The second kappa shape index (κ2) is 13.7. The molecule has 1 aliphatic heterocycles. The zero-order chi connectivity index (χ0) is 30.8. The van der Waals surface area contributed by atoms with Crippen LogP contribution in [0.3, 0.4) is 0 Å². The van der Waals surface area contributed by atoms with Crippen molar-refractivity contribution < 1.29 is 14.3 Å². The second-order valence-electron chi connectivity index (χ2n) is 9.67. The van der Waals surface area contributed by atoms with Crippen LogP contribution in [-0.2, 0) is 16.1 Å². The molecule has 6 nitrogen and oxygen atoms in total. The van der Waals surface area contributed by atoms with Crippen molar-refractivity contribution in [3.8, 4) is 5.75 Å². The number of rotatable bonds is 8. The van der Waals surface area contributed by atoms with E-state index in [9.17, 15) is 9.59 Å². The van der Waals surface area contributed by atoms with Gasteiger partial charge in [-0.2, -0.15) is 0 Å². The van der Waals surface area contributed by atoms with Gasteiger partial charge in [-0.05, 0) is 76.9 Å². The Labute approximate surface area is 291 Å². The van der Waals surface area contributed by atoms with Crippen molar-refractivity contribution >= 4 is 94.9 Å². The lowest BCUT2D eigenvalue weighted by atomic mass is 9.97. The Kier molecular flexibility index (Phi) is 9.67. The normalized spacial score (nSPS) is 14.7. The van der Waals surface area contributed by atoms with Gasteiger partial charge < -0.3 is 9.47 Å². The lowest BCUT2D eigenvalue weighted by Crippen LogP contribution is -2.39. The van der Waals surface area contributed by atoms with Crippen molar-refractivity contribution in [2.24, 2.45) is 4.99 Å². The van der Waals surface area contributed by atoms with Gasteiger partial charge in [0.25, 0.3) is 5.56 Å². The summed E-state index contributed by atoms with van der Waals surface area (Å²) >= 11 is 12.1. The molecule has 0 amide bonds. The predicted molar refractivity (Wildman–Crippen MR) is 191 cm³/mol. The third-order valence-corrected chi connectivity index (χ3v) is 10.5. The van der Waals surface area contributed by atoms with Crippen LogP contribution in [0, 0.1) is 3.57 Å². The maximum absolute atomic E-state index is 14.2. The lowest BCUT2D eigenvalue weighted by molar-refractivity contribution is -0.138. The van der Waals surface area contributed by atoms with Crippen LogP contribution < -0.4 is 19.6 Å². The number of thiazole rings is 1. The first-order valence-electron chi connectivity index (χ1n) is 13.5. The molecule has 11 heteroatoms. The summed E-state index contributed by atoms with van der Waals surface area (Å²) in [6.07, 6.45) is 1.84. The van der Waals surface area contributed by atoms with Gasteiger partial charge in [0, 0.05) is 24.9 Å². The highest BCUT2D eigenvalue weighted by molar-refractivity contribution is 14.1. The van der Waals surface area contributed by atoms with Crippen molar-refractivity contribution in [1.82, 2.24) is 4.57 Å². The fourth-order valence-electron chi connectivity index (χ4n) is 4.87. The van der Waals surface area contributed by atoms with E-state index in [1.54, 1.807) is 11.5 Å². The van der Waals surface area contributed by atoms with E-state index in [0.29, 0.717) is 33.0 Å². The minimum Gasteiger partial charge on any atom is -0.487 e. The summed E-state index contributed by atoms with van der Waals surface area (Å²) < 4.78 is 16.7. The lowest BCUT2D eigenvalue weighted by Gasteiger charge is -2.24. The highest BCUT2D eigenvalue weighted by Crippen LogP contribution is 2.37. The molecule has 5 aromatic rings. The van der Waals surface area contributed by atoms with Gasteiger partial charge in [0.1, 0.15) is 18.4 Å². The van der Waals surface area contributed by atoms with Crippen LogP contribution in [0.25, 0.3) is 11.8 Å². The van der Waals surface area contributed by atoms with E-state index < -0.39 is 12.0 Å². The van der Waals surface area contributed by atoms with Gasteiger partial charge in [0.15, 0.2) is 4.80 Å². The van der Waals surface area contributed by atoms with Gasteiger partial charge in [0.2, 0.25) is 0 Å². The number of benzene rings is 3. The van der Waals surface area contributed by atoms with Crippen molar-refractivity contribution in [1.29, 1.82) is 0 Å². The fourth-order valence-corrected chi connectivity index (χ4v) is 8.66. The van der Waals surface area contributed by atoms with Crippen LogP contribution in [0.1, 0.15) is 34.5 Å². The average molecular weight is 862 g/mol. The fraction of sp³-hybridized carbons (Fsp3) is 0.121. The molecular formula is C33H23Br2IN2O4S2. The van der Waals surface area contributed by atoms with E-state index >= 15 is 0 Å². The molecule has 3 aromatic carbocycles. The van der Waals surface area contributed by atoms with Gasteiger partial charge in [-0.3, -0.25) is 9.36 Å². The molecule has 0 spiro atoms. The molecular weight excluding hydrogens is 839 g/mol. The van der Waals surface area contributed by atoms with E-state index in [-0.39, 0.29) is 12.2 Å². The molecule has 0 fully saturated rings. The zero-order valence-electron chi connectivity index (χ0n) is 23.1. The average Bonchev–Trinajstić information content (AvgIpc) is 3.65. The number of esters is 1. The second-order valence-corrected chi connectivity index (χ2v) is 14.6. The molecule has 6 rings (SSSR count). The summed E-state index contributed by atoms with van der Waals surface area (Å²) in [6, 6.07) is 24.6. The molecule has 222 valence electrons. The molecule has 0 radical (unpaired) electrons. The molecule has 0 bridgehead atoms. The van der Waals surface area contributed by atoms with E-state index in [1.807, 2.05) is 90.3 Å². The van der Waals surface area contributed by atoms with Crippen LogP contribution >= 0.6 is 77.1 Å². The largest absolute Gasteiger partial charge is 0.487 e. The van der Waals surface area contributed by atoms with Crippen molar-refractivity contribution in [3.63, 3.8) is 0 Å². The first-order chi connectivity index (χ1) is 21.3. The highest BCUT2D eigenvalue weighted by Gasteiger charge is 2.35. The maximum Gasteiger partial charge on any atom is 0.338 e. The van der Waals surface area contributed by atoms with E-state index in [2.05, 4.69) is 54.5 Å². The summed E-state index contributed by atoms with van der Waals surface area (Å²) in [5.74, 6) is 0.183. The van der Waals surface area contributed by atoms with Gasteiger partial charge in [-0.1, -0.05) is 91.7 Å². The van der Waals surface area contributed by atoms with Gasteiger partial charge >= 0.3 is 5.97 Å². The first kappa shape index (κ1) is 31.2. The molecule has 2 aromatic heterocycles. The molecule has 0 saturated heterocycles. The van der Waals surface area contributed by atoms with Crippen LogP contribution in [-0.4, -0.2) is 17.1 Å². The van der Waals surface area contributed by atoms with Crippen LogP contribution in [0.4, 0.5) is 0 Å². The van der Waals surface area contributed by atoms with Crippen LogP contribution in [0.2, 0.25) is 0 Å². The van der Waals surface area contributed by atoms with E-state index in [0.717, 1.165) is 34.1 Å². The van der Waals surface area contributed by atoms with E-state index in [1.165, 1.54) is 22.7 Å². The number of hydrogen-bond donors (Lipinski definition) is 0. The Morgan fingerprint density at radius 2 is 1.82 bits per heavy atom. The smallest absolute Gasteiger partial charge is 0.338 e. The van der Waals surface area contributed by atoms with E-state index in [4.69, 9.17) is 14.5 Å². The molecule has 1 atom stereocenters. The topological polar surface area (TPSA) is 69.9 Å². The summed E-state index contributed by atoms with van der Waals surface area (Å²) in [5, 5.41) is 1.94. The number of ether oxygens (including phenoxy) is 2. The standard InChI is InChI=1S/C33H23Br2IN2O4S2/c1-2-41-32(40)27-28(20-7-4-3-5-8-20)37-33-38(29(27)25-9-6-14-43-25)31(39)26(44-33)16-21-15-23(35)17-24(36)30(21)42-18-19-10-12-22(34)13-11-19/h3-17,29H,2,18H2,1H3/b26-16-/t29-/m0/s1. The quantitative estimate of drug-likeness (QED) is 0.119. The molecule has 0 aliphatic carbocycles. The Bertz CT molecular complexity index is 2060. The molecule has 1 aliphatic rings. The number of carbonyl (C=O) groups excluding carboxylic acids is 1. The monoisotopic (exact) mass is 860 g/mol. The summed E-state index contributed by atoms with van der Waals surface area (Å²) in [5.41, 5.74) is 3.16. The number of thiophene rings is 1. The Balaban J connectivity index is 1.53. The number of hydrogen-bond acceptors (Lipinski definition) is 7. The van der Waals surface area contributed by atoms with Crippen LogP contribution in [0.15, 0.2) is 109 Å². The molecule has 0 unspecified atom stereocenters. The Morgan fingerprint density at radius 3 is 2.52 bits per heavy atom. The predicted octanol–water partition coefficient (Wildman–Crippen LogP) is 7.71. The first-order valence-corrected chi connectivity index (χ1v) is 17.9. The van der Waals surface area contributed by atoms with Gasteiger partial charge in [-0.15, -0.1) is 11.3 Å². The van der Waals surface area contributed by atoms with Crippen molar-refractivity contribution in [3.05, 3.63) is 144 Å². The number of nitrogens with zero attached hydrogens (tertiary/aromatic N) is 2. The Morgan fingerprint density at radius 1 is 1.05 bits per heavy atom. The van der Waals surface area contributed by atoms with Crippen LogP contribution in [0.5, 0.6) is 5.75 Å². The summed E-state index contributed by atoms with van der Waals surface area (Å²) in [7, 11) is 0. The number of fused-ring (bicyclic) bond motifs is 1. The molecule has 0 saturated carbocycles. The van der Waals surface area contributed by atoms with Crippen molar-refractivity contribution in [2.45, 2.75) is 19.6 Å². The van der Waals surface area contributed by atoms with Gasteiger partial charge in [0.05, 0.1) is 26.0 Å². The summed E-state index contributed by atoms with van der Waals surface area (Å²) in [4.78, 5) is 34.1. The number of halogens is 3. The molecule has 44 heavy (non-hydrogen) atoms. The highest BCUT2D eigenvalue weighted by atomic mass is 127. The minimum atomic E-state index is -0.682. The molecule has 3 heterocycles. The summed E-state index contributed by atoms with van der Waals surface area (Å²) in [6.45, 7) is 2.34. The Hall–Kier alpha value is -2.84. The minimum absolute atomic E-state index is 0.205. The number of aromatic nitrogens is 1.